The average Bonchev–Trinajstić information content (AvgIpc) is 2.48. The Hall–Kier alpha value is -2.09. The predicted octanol–water partition coefficient (Wildman–Crippen LogP) is 4.38. The van der Waals surface area contributed by atoms with Crippen LogP contribution in [0.15, 0.2) is 54.6 Å². The Morgan fingerprint density at radius 2 is 1.85 bits per heavy atom. The Morgan fingerprint density at radius 3 is 2.55 bits per heavy atom. The lowest BCUT2D eigenvalue weighted by molar-refractivity contribution is -0.116. The van der Waals surface area contributed by atoms with Crippen molar-refractivity contribution in [2.45, 2.75) is 32.6 Å². The SMILES string of the molecule is CCc1cccc(NC(=O)CC(C)c2ccccc2)c1. The molecule has 0 fully saturated rings. The average molecular weight is 267 g/mol. The fourth-order valence-corrected chi connectivity index (χ4v) is 2.26. The summed E-state index contributed by atoms with van der Waals surface area (Å²) >= 11 is 0. The number of benzene rings is 2. The van der Waals surface area contributed by atoms with E-state index in [0.29, 0.717) is 6.42 Å². The fraction of sp³-hybridized carbons (Fsp3) is 0.278. The highest BCUT2D eigenvalue weighted by atomic mass is 16.1. The molecule has 0 saturated carbocycles. The fourth-order valence-electron chi connectivity index (χ4n) is 2.26. The third-order valence-corrected chi connectivity index (χ3v) is 3.48. The van der Waals surface area contributed by atoms with Crippen molar-refractivity contribution >= 4 is 11.6 Å². The van der Waals surface area contributed by atoms with E-state index in [2.05, 4.69) is 37.4 Å². The normalized spacial score (nSPS) is 11.9. The quantitative estimate of drug-likeness (QED) is 0.855. The van der Waals surface area contributed by atoms with E-state index in [-0.39, 0.29) is 11.8 Å². The largest absolute Gasteiger partial charge is 0.326 e. The summed E-state index contributed by atoms with van der Waals surface area (Å²) in [6.07, 6.45) is 1.48. The summed E-state index contributed by atoms with van der Waals surface area (Å²) in [5, 5.41) is 2.98. The third kappa shape index (κ3) is 3.95. The predicted molar refractivity (Wildman–Crippen MR) is 83.9 cm³/mol. The first-order valence-electron chi connectivity index (χ1n) is 7.12. The van der Waals surface area contributed by atoms with Gasteiger partial charge in [0.15, 0.2) is 0 Å². The summed E-state index contributed by atoms with van der Waals surface area (Å²) in [6.45, 7) is 4.19. The molecular formula is C18H21NO. The van der Waals surface area contributed by atoms with Crippen molar-refractivity contribution in [3.63, 3.8) is 0 Å². The van der Waals surface area contributed by atoms with E-state index >= 15 is 0 Å². The van der Waals surface area contributed by atoms with Gasteiger partial charge in [-0.2, -0.15) is 0 Å². The zero-order chi connectivity index (χ0) is 14.4. The Labute approximate surface area is 120 Å². The molecule has 0 radical (unpaired) electrons. The van der Waals surface area contributed by atoms with Crippen molar-refractivity contribution in [3.8, 4) is 0 Å². The van der Waals surface area contributed by atoms with Gasteiger partial charge in [-0.05, 0) is 35.6 Å². The van der Waals surface area contributed by atoms with Crippen molar-refractivity contribution in [1.29, 1.82) is 0 Å². The lowest BCUT2D eigenvalue weighted by Gasteiger charge is -2.12. The summed E-state index contributed by atoms with van der Waals surface area (Å²) in [7, 11) is 0. The van der Waals surface area contributed by atoms with Gasteiger partial charge in [-0.25, -0.2) is 0 Å². The summed E-state index contributed by atoms with van der Waals surface area (Å²) in [5.74, 6) is 0.292. The smallest absolute Gasteiger partial charge is 0.224 e. The summed E-state index contributed by atoms with van der Waals surface area (Å²) in [5.41, 5.74) is 3.32. The molecule has 104 valence electrons. The molecule has 0 spiro atoms. The first kappa shape index (κ1) is 14.3. The summed E-state index contributed by atoms with van der Waals surface area (Å²) in [4.78, 5) is 12.1. The number of carbonyl (C=O) groups excluding carboxylic acids is 1. The molecule has 2 aromatic rings. The molecule has 2 nitrogen and oxygen atoms in total. The molecule has 0 heterocycles. The minimum Gasteiger partial charge on any atom is -0.326 e. The Bertz CT molecular complexity index is 563. The molecule has 0 aromatic heterocycles. The summed E-state index contributed by atoms with van der Waals surface area (Å²) in [6, 6.07) is 18.2. The molecule has 0 bridgehead atoms. The molecule has 1 amide bonds. The minimum atomic E-state index is 0.0645. The van der Waals surface area contributed by atoms with E-state index in [1.165, 1.54) is 11.1 Å². The molecular weight excluding hydrogens is 246 g/mol. The maximum absolute atomic E-state index is 12.1. The van der Waals surface area contributed by atoms with Crippen LogP contribution in [-0.4, -0.2) is 5.91 Å². The van der Waals surface area contributed by atoms with Gasteiger partial charge in [0.25, 0.3) is 0 Å². The van der Waals surface area contributed by atoms with Gasteiger partial charge < -0.3 is 5.32 Å². The molecule has 20 heavy (non-hydrogen) atoms. The van der Waals surface area contributed by atoms with E-state index in [1.54, 1.807) is 0 Å². The summed E-state index contributed by atoms with van der Waals surface area (Å²) < 4.78 is 0. The van der Waals surface area contributed by atoms with Crippen molar-refractivity contribution in [2.24, 2.45) is 0 Å². The molecule has 0 aliphatic carbocycles. The van der Waals surface area contributed by atoms with Crippen LogP contribution in [0.3, 0.4) is 0 Å². The van der Waals surface area contributed by atoms with Crippen LogP contribution in [0.5, 0.6) is 0 Å². The number of hydrogen-bond donors (Lipinski definition) is 1. The molecule has 0 aliphatic rings. The van der Waals surface area contributed by atoms with Gasteiger partial charge in [0.2, 0.25) is 5.91 Å². The standard InChI is InChI=1S/C18H21NO/c1-3-15-8-7-11-17(13-15)19-18(20)12-14(2)16-9-5-4-6-10-16/h4-11,13-14H,3,12H2,1-2H3,(H,19,20). The van der Waals surface area contributed by atoms with Crippen LogP contribution >= 0.6 is 0 Å². The number of rotatable bonds is 5. The van der Waals surface area contributed by atoms with Crippen molar-refractivity contribution in [3.05, 3.63) is 65.7 Å². The highest BCUT2D eigenvalue weighted by Gasteiger charge is 2.11. The third-order valence-electron chi connectivity index (χ3n) is 3.48. The molecule has 0 aliphatic heterocycles. The van der Waals surface area contributed by atoms with E-state index < -0.39 is 0 Å². The maximum Gasteiger partial charge on any atom is 0.224 e. The molecule has 1 unspecified atom stereocenters. The maximum atomic E-state index is 12.1. The highest BCUT2D eigenvalue weighted by Crippen LogP contribution is 2.19. The second-order valence-corrected chi connectivity index (χ2v) is 5.12. The minimum absolute atomic E-state index is 0.0645. The van der Waals surface area contributed by atoms with Crippen LogP contribution in [0.1, 0.15) is 37.3 Å². The lowest BCUT2D eigenvalue weighted by atomic mass is 9.97. The van der Waals surface area contributed by atoms with Crippen LogP contribution in [0.25, 0.3) is 0 Å². The van der Waals surface area contributed by atoms with E-state index in [4.69, 9.17) is 0 Å². The van der Waals surface area contributed by atoms with Gasteiger partial charge in [-0.3, -0.25) is 4.79 Å². The Kier molecular flexibility index (Phi) is 4.94. The number of nitrogens with one attached hydrogen (secondary N) is 1. The van der Waals surface area contributed by atoms with Crippen LogP contribution in [0, 0.1) is 0 Å². The van der Waals surface area contributed by atoms with Gasteiger partial charge in [0, 0.05) is 12.1 Å². The Balaban J connectivity index is 1.95. The molecule has 2 aromatic carbocycles. The second kappa shape index (κ2) is 6.90. The van der Waals surface area contributed by atoms with Crippen molar-refractivity contribution in [2.75, 3.05) is 5.32 Å². The molecule has 1 N–H and O–H groups in total. The van der Waals surface area contributed by atoms with E-state index in [9.17, 15) is 4.79 Å². The molecule has 2 heteroatoms. The molecule has 1 atom stereocenters. The van der Waals surface area contributed by atoms with Gasteiger partial charge >= 0.3 is 0 Å². The Morgan fingerprint density at radius 1 is 1.10 bits per heavy atom. The first-order chi connectivity index (χ1) is 9.69. The number of amides is 1. The second-order valence-electron chi connectivity index (χ2n) is 5.12. The van der Waals surface area contributed by atoms with E-state index in [1.807, 2.05) is 36.4 Å². The zero-order valence-electron chi connectivity index (χ0n) is 12.1. The van der Waals surface area contributed by atoms with Crippen LogP contribution in [0.2, 0.25) is 0 Å². The van der Waals surface area contributed by atoms with Crippen LogP contribution in [0.4, 0.5) is 5.69 Å². The topological polar surface area (TPSA) is 29.1 Å². The van der Waals surface area contributed by atoms with Crippen molar-refractivity contribution in [1.82, 2.24) is 0 Å². The number of aryl methyl sites for hydroxylation is 1. The first-order valence-corrected chi connectivity index (χ1v) is 7.12. The molecule has 2 rings (SSSR count). The zero-order valence-corrected chi connectivity index (χ0v) is 12.1. The number of carbonyl (C=O) groups is 1. The van der Waals surface area contributed by atoms with Gasteiger partial charge in [0.1, 0.15) is 0 Å². The van der Waals surface area contributed by atoms with Gasteiger partial charge in [-0.15, -0.1) is 0 Å². The van der Waals surface area contributed by atoms with Gasteiger partial charge in [-0.1, -0.05) is 56.3 Å². The highest BCUT2D eigenvalue weighted by molar-refractivity contribution is 5.91. The van der Waals surface area contributed by atoms with Crippen molar-refractivity contribution < 1.29 is 4.79 Å². The monoisotopic (exact) mass is 267 g/mol. The number of hydrogen-bond acceptors (Lipinski definition) is 1. The van der Waals surface area contributed by atoms with Gasteiger partial charge in [0.05, 0.1) is 0 Å². The lowest BCUT2D eigenvalue weighted by Crippen LogP contribution is -2.14. The van der Waals surface area contributed by atoms with Crippen LogP contribution in [-0.2, 0) is 11.2 Å². The van der Waals surface area contributed by atoms with Crippen LogP contribution < -0.4 is 5.32 Å². The van der Waals surface area contributed by atoms with E-state index in [0.717, 1.165) is 12.1 Å². The molecule has 0 saturated heterocycles. The number of anilines is 1.